The summed E-state index contributed by atoms with van der Waals surface area (Å²) in [7, 11) is 0. The molecule has 0 aliphatic carbocycles. The summed E-state index contributed by atoms with van der Waals surface area (Å²) in [5.74, 6) is -1.52. The predicted octanol–water partition coefficient (Wildman–Crippen LogP) is 1.75. The van der Waals surface area contributed by atoms with Crippen molar-refractivity contribution >= 4 is 17.6 Å². The van der Waals surface area contributed by atoms with Crippen LogP contribution in [0.1, 0.15) is 39.2 Å². The second-order valence-corrected chi connectivity index (χ2v) is 8.57. The minimum Gasteiger partial charge on any atom is -0.479 e. The number of rotatable bonds is 12. The summed E-state index contributed by atoms with van der Waals surface area (Å²) in [6.45, 7) is 13.4. The fourth-order valence-corrected chi connectivity index (χ4v) is 3.35. The third-order valence-corrected chi connectivity index (χ3v) is 5.03. The van der Waals surface area contributed by atoms with Gasteiger partial charge in [-0.2, -0.15) is 0 Å². The summed E-state index contributed by atoms with van der Waals surface area (Å²) >= 11 is 0. The van der Waals surface area contributed by atoms with Gasteiger partial charge in [-0.1, -0.05) is 25.1 Å². The van der Waals surface area contributed by atoms with E-state index >= 15 is 0 Å². The lowest BCUT2D eigenvalue weighted by Crippen LogP contribution is -2.61. The molecule has 198 valence electrons. The van der Waals surface area contributed by atoms with Crippen LogP contribution in [0.2, 0.25) is 0 Å². The SMILES string of the molecule is C=C(C=C(C)C)NC(=C)OCc1ccc(O[C@@H]2O[C@H](C(=O)O)[C@@H](O)[C@H](O)[C@H]2O)c(NC(=O)CCC)c1. The number of carbonyl (C=O) groups excluding carboxylic acids is 1. The zero-order valence-corrected chi connectivity index (χ0v) is 20.6. The molecule has 11 heteroatoms. The van der Waals surface area contributed by atoms with E-state index in [1.54, 1.807) is 12.1 Å². The first-order valence-electron chi connectivity index (χ1n) is 11.4. The molecule has 0 bridgehead atoms. The molecule has 11 nitrogen and oxygen atoms in total. The Balaban J connectivity index is 2.20. The van der Waals surface area contributed by atoms with Crippen LogP contribution in [-0.4, -0.2) is 63.0 Å². The quantitative estimate of drug-likeness (QED) is 0.182. The van der Waals surface area contributed by atoms with Crippen molar-refractivity contribution in [2.75, 3.05) is 5.32 Å². The Bertz CT molecular complexity index is 1000. The Morgan fingerprint density at radius 1 is 1.14 bits per heavy atom. The number of aliphatic carboxylic acids is 1. The van der Waals surface area contributed by atoms with Gasteiger partial charge in [0.15, 0.2) is 12.0 Å². The molecule has 0 spiro atoms. The number of ether oxygens (including phenoxy) is 3. The van der Waals surface area contributed by atoms with Gasteiger partial charge in [-0.3, -0.25) is 4.79 Å². The summed E-state index contributed by atoms with van der Waals surface area (Å²) < 4.78 is 16.4. The van der Waals surface area contributed by atoms with Crippen LogP contribution >= 0.6 is 0 Å². The van der Waals surface area contributed by atoms with Gasteiger partial charge in [-0.25, -0.2) is 4.79 Å². The Morgan fingerprint density at radius 3 is 2.44 bits per heavy atom. The molecule has 0 radical (unpaired) electrons. The number of carbonyl (C=O) groups is 2. The van der Waals surface area contributed by atoms with Gasteiger partial charge in [-0.05, 0) is 50.6 Å². The number of aliphatic hydroxyl groups excluding tert-OH is 3. The van der Waals surface area contributed by atoms with E-state index in [4.69, 9.17) is 14.2 Å². The van der Waals surface area contributed by atoms with Crippen molar-refractivity contribution in [2.24, 2.45) is 0 Å². The number of allylic oxidation sites excluding steroid dienone is 2. The van der Waals surface area contributed by atoms with Gasteiger partial charge in [-0.15, -0.1) is 0 Å². The average Bonchev–Trinajstić information content (AvgIpc) is 2.78. The Morgan fingerprint density at radius 2 is 1.83 bits per heavy atom. The normalized spacial score (nSPS) is 23.2. The lowest BCUT2D eigenvalue weighted by Gasteiger charge is -2.38. The van der Waals surface area contributed by atoms with Gasteiger partial charge < -0.3 is 45.3 Å². The number of benzene rings is 1. The molecule has 1 fully saturated rings. The van der Waals surface area contributed by atoms with Gasteiger partial charge in [0.2, 0.25) is 12.2 Å². The average molecular weight is 507 g/mol. The molecule has 6 N–H and O–H groups in total. The molecule has 1 amide bonds. The molecule has 0 saturated carbocycles. The first kappa shape index (κ1) is 28.9. The highest BCUT2D eigenvalue weighted by Crippen LogP contribution is 2.31. The summed E-state index contributed by atoms with van der Waals surface area (Å²) in [4.78, 5) is 23.6. The summed E-state index contributed by atoms with van der Waals surface area (Å²) in [6, 6.07) is 4.68. The van der Waals surface area contributed by atoms with E-state index in [0.717, 1.165) is 5.57 Å². The highest BCUT2D eigenvalue weighted by atomic mass is 16.7. The fraction of sp³-hybridized carbons (Fsp3) is 0.440. The molecule has 1 aromatic rings. The molecule has 1 heterocycles. The van der Waals surface area contributed by atoms with Gasteiger partial charge >= 0.3 is 5.97 Å². The Kier molecular flexibility index (Phi) is 10.5. The highest BCUT2D eigenvalue weighted by Gasteiger charge is 2.48. The predicted molar refractivity (Wildman–Crippen MR) is 131 cm³/mol. The van der Waals surface area contributed by atoms with E-state index in [0.29, 0.717) is 17.7 Å². The number of nitrogens with one attached hydrogen (secondary N) is 2. The van der Waals surface area contributed by atoms with E-state index in [1.165, 1.54) is 6.07 Å². The van der Waals surface area contributed by atoms with Gasteiger partial charge in [0.05, 0.1) is 5.69 Å². The third-order valence-electron chi connectivity index (χ3n) is 5.03. The van der Waals surface area contributed by atoms with E-state index in [9.17, 15) is 30.0 Å². The number of hydrogen-bond donors (Lipinski definition) is 6. The lowest BCUT2D eigenvalue weighted by molar-refractivity contribution is -0.271. The lowest BCUT2D eigenvalue weighted by atomic mass is 9.99. The number of amides is 1. The van der Waals surface area contributed by atoms with Crippen LogP contribution < -0.4 is 15.4 Å². The number of carboxylic acid groups (broad SMARTS) is 1. The number of carboxylic acids is 1. The van der Waals surface area contributed by atoms with Crippen molar-refractivity contribution in [3.8, 4) is 5.75 Å². The maximum atomic E-state index is 12.3. The molecule has 1 aliphatic heterocycles. The molecule has 1 aliphatic rings. The summed E-state index contributed by atoms with van der Waals surface area (Å²) in [5, 5.41) is 45.0. The van der Waals surface area contributed by atoms with Crippen LogP contribution in [0.3, 0.4) is 0 Å². The zero-order chi connectivity index (χ0) is 27.0. The maximum Gasteiger partial charge on any atom is 0.335 e. The summed E-state index contributed by atoms with van der Waals surface area (Å²) in [5.41, 5.74) is 2.50. The minimum atomic E-state index is -1.85. The van der Waals surface area contributed by atoms with Crippen LogP contribution in [0.4, 0.5) is 5.69 Å². The molecule has 5 atom stereocenters. The van der Waals surface area contributed by atoms with Gasteiger partial charge in [0.25, 0.3) is 0 Å². The first-order chi connectivity index (χ1) is 16.9. The maximum absolute atomic E-state index is 12.3. The van der Waals surface area contributed by atoms with Crippen molar-refractivity contribution in [3.63, 3.8) is 0 Å². The first-order valence-corrected chi connectivity index (χ1v) is 11.4. The van der Waals surface area contributed by atoms with Crippen LogP contribution in [0.25, 0.3) is 0 Å². The van der Waals surface area contributed by atoms with Crippen LogP contribution in [0.5, 0.6) is 5.75 Å². The van der Waals surface area contributed by atoms with E-state index in [2.05, 4.69) is 23.8 Å². The van der Waals surface area contributed by atoms with Crippen LogP contribution in [-0.2, 0) is 25.7 Å². The van der Waals surface area contributed by atoms with Crippen molar-refractivity contribution in [1.82, 2.24) is 5.32 Å². The Labute approximate surface area is 209 Å². The third kappa shape index (κ3) is 8.09. The molecule has 1 aromatic carbocycles. The smallest absolute Gasteiger partial charge is 0.335 e. The molecule has 36 heavy (non-hydrogen) atoms. The van der Waals surface area contributed by atoms with Crippen molar-refractivity contribution in [2.45, 2.75) is 70.9 Å². The topological polar surface area (TPSA) is 167 Å². The largest absolute Gasteiger partial charge is 0.479 e. The second-order valence-electron chi connectivity index (χ2n) is 8.57. The van der Waals surface area contributed by atoms with Crippen molar-refractivity contribution in [1.29, 1.82) is 0 Å². The number of anilines is 1. The van der Waals surface area contributed by atoms with Crippen LogP contribution in [0, 0.1) is 0 Å². The standard InChI is InChI=1S/C25H34N2O9/c1-6-7-19(28)27-17-11-16(12-34-15(5)26-14(4)10-13(2)3)8-9-18(17)35-25-22(31)20(29)21(30)23(36-25)24(32)33/h8-11,20-23,25-26,29-31H,4-7,12H2,1-3H3,(H,27,28)(H,32,33)/t20-,21-,22+,23-,25+/m0/s1. The minimum absolute atomic E-state index is 0.0499. The Hall–Kier alpha value is -3.38. The number of aliphatic hydroxyl groups is 3. The fourth-order valence-electron chi connectivity index (χ4n) is 3.35. The molecular formula is C25H34N2O9. The van der Waals surface area contributed by atoms with Crippen molar-refractivity contribution < 1.29 is 44.2 Å². The highest BCUT2D eigenvalue weighted by molar-refractivity contribution is 5.92. The monoisotopic (exact) mass is 506 g/mol. The van der Waals surface area contributed by atoms with E-state index in [1.807, 2.05) is 26.8 Å². The molecule has 0 unspecified atom stereocenters. The van der Waals surface area contributed by atoms with Gasteiger partial charge in [0.1, 0.15) is 30.7 Å². The van der Waals surface area contributed by atoms with Crippen molar-refractivity contribution in [3.05, 3.63) is 60.1 Å². The molecule has 1 saturated heterocycles. The van der Waals surface area contributed by atoms with Gasteiger partial charge in [0, 0.05) is 12.1 Å². The van der Waals surface area contributed by atoms with Crippen LogP contribution in [0.15, 0.2) is 54.6 Å². The molecule has 0 aromatic heterocycles. The second kappa shape index (κ2) is 13.1. The zero-order valence-electron chi connectivity index (χ0n) is 20.6. The molecule has 2 rings (SSSR count). The number of hydrogen-bond acceptors (Lipinski definition) is 9. The summed E-state index contributed by atoms with van der Waals surface area (Å²) in [6.07, 6.45) is -6.21. The molecular weight excluding hydrogens is 472 g/mol. The van der Waals surface area contributed by atoms with E-state index < -0.39 is 36.7 Å². The van der Waals surface area contributed by atoms with E-state index in [-0.39, 0.29) is 36.3 Å².